The summed E-state index contributed by atoms with van der Waals surface area (Å²) >= 11 is 0. The van der Waals surface area contributed by atoms with E-state index < -0.39 is 0 Å². The smallest absolute Gasteiger partial charge is 0.314 e. The van der Waals surface area contributed by atoms with E-state index in [2.05, 4.69) is 73.3 Å². The quantitative estimate of drug-likeness (QED) is 0.458. The Labute approximate surface area is 194 Å². The van der Waals surface area contributed by atoms with Crippen LogP contribution in [0.2, 0.25) is 0 Å². The average Bonchev–Trinajstić information content (AvgIpc) is 3.39. The highest BCUT2D eigenvalue weighted by molar-refractivity contribution is 5.86. The molecule has 7 nitrogen and oxygen atoms in total. The number of nitrogens with zero attached hydrogens (tertiary/aromatic N) is 4. The molecule has 1 saturated carbocycles. The first-order valence-electron chi connectivity index (χ1n) is 12.2. The van der Waals surface area contributed by atoms with Gasteiger partial charge in [-0.15, -0.1) is 0 Å². The van der Waals surface area contributed by atoms with Crippen molar-refractivity contribution in [1.82, 2.24) is 29.5 Å². The normalized spacial score (nSPS) is 19.2. The highest BCUT2D eigenvalue weighted by atomic mass is 16.1. The third kappa shape index (κ3) is 3.68. The van der Waals surface area contributed by atoms with Crippen molar-refractivity contribution in [1.29, 1.82) is 0 Å². The van der Waals surface area contributed by atoms with Crippen molar-refractivity contribution in [2.45, 2.75) is 78.3 Å². The number of rotatable bonds is 5. The summed E-state index contributed by atoms with van der Waals surface area (Å²) in [6.45, 7) is 11.8. The third-order valence-electron chi connectivity index (χ3n) is 7.48. The number of aromatic nitrogens is 5. The lowest BCUT2D eigenvalue weighted by Gasteiger charge is -2.29. The maximum absolute atomic E-state index is 13.1. The van der Waals surface area contributed by atoms with Crippen molar-refractivity contribution in [2.24, 2.45) is 0 Å². The van der Waals surface area contributed by atoms with Crippen molar-refractivity contribution in [3.05, 3.63) is 51.8 Å². The predicted molar refractivity (Wildman–Crippen MR) is 133 cm³/mol. The molecule has 0 amide bonds. The molecule has 1 aliphatic carbocycles. The molecule has 2 N–H and O–H groups in total. The summed E-state index contributed by atoms with van der Waals surface area (Å²) in [4.78, 5) is 20.7. The van der Waals surface area contributed by atoms with Crippen molar-refractivity contribution < 1.29 is 0 Å². The van der Waals surface area contributed by atoms with Gasteiger partial charge in [0.2, 0.25) is 0 Å². The van der Waals surface area contributed by atoms with Crippen LogP contribution >= 0.6 is 0 Å². The summed E-state index contributed by atoms with van der Waals surface area (Å²) in [6.07, 6.45) is 7.96. The van der Waals surface area contributed by atoms with Crippen LogP contribution in [0.1, 0.15) is 75.1 Å². The van der Waals surface area contributed by atoms with Gasteiger partial charge in [0.1, 0.15) is 6.33 Å². The Kier molecular flexibility index (Phi) is 5.60. The molecule has 33 heavy (non-hydrogen) atoms. The van der Waals surface area contributed by atoms with E-state index >= 15 is 0 Å². The molecule has 1 fully saturated rings. The van der Waals surface area contributed by atoms with Gasteiger partial charge >= 0.3 is 5.69 Å². The van der Waals surface area contributed by atoms with Gasteiger partial charge in [0.15, 0.2) is 5.65 Å². The molecule has 1 aliphatic rings. The SMILES string of the molecule is CCNC1CCC(n2c(=O)[nH]c3cc(-c4cn5ncnc5c(C)c4C)c(C(C)C)cc32)CC1. The second-order valence-electron chi connectivity index (χ2n) is 9.80. The zero-order valence-corrected chi connectivity index (χ0v) is 20.3. The lowest BCUT2D eigenvalue weighted by molar-refractivity contribution is 0.294. The van der Waals surface area contributed by atoms with Gasteiger partial charge in [-0.25, -0.2) is 14.3 Å². The Morgan fingerprint density at radius 3 is 2.58 bits per heavy atom. The molecule has 3 aromatic heterocycles. The number of H-pyrrole nitrogens is 1. The number of fused-ring (bicyclic) bond motifs is 2. The summed E-state index contributed by atoms with van der Waals surface area (Å²) < 4.78 is 3.87. The Morgan fingerprint density at radius 1 is 1.12 bits per heavy atom. The lowest BCUT2D eigenvalue weighted by Crippen LogP contribution is -2.35. The highest BCUT2D eigenvalue weighted by Gasteiger charge is 2.26. The van der Waals surface area contributed by atoms with Crippen LogP contribution in [-0.2, 0) is 0 Å². The standard InChI is InChI=1S/C26H34N6O/c1-6-27-18-7-9-19(10-8-18)32-24-12-20(15(2)3)21(11-23(24)30-26(32)33)22-13-31-25(28-14-29-31)17(5)16(22)4/h11-15,18-19,27H,6-10H2,1-5H3,(H,30,33). The van der Waals surface area contributed by atoms with Gasteiger partial charge in [-0.2, -0.15) is 5.10 Å². The maximum atomic E-state index is 13.1. The van der Waals surface area contributed by atoms with Crippen LogP contribution < -0.4 is 11.0 Å². The minimum Gasteiger partial charge on any atom is -0.314 e. The van der Waals surface area contributed by atoms with Crippen LogP contribution in [0.15, 0.2) is 29.5 Å². The van der Waals surface area contributed by atoms with Gasteiger partial charge in [0.05, 0.1) is 11.0 Å². The maximum Gasteiger partial charge on any atom is 0.326 e. The Bertz CT molecular complexity index is 1370. The topological polar surface area (TPSA) is 80.0 Å². The number of imidazole rings is 1. The molecule has 4 aromatic rings. The molecule has 0 bridgehead atoms. The van der Waals surface area contributed by atoms with Crippen molar-refractivity contribution in [2.75, 3.05) is 6.54 Å². The molecular weight excluding hydrogens is 412 g/mol. The number of aryl methyl sites for hydroxylation is 1. The van der Waals surface area contributed by atoms with Crippen molar-refractivity contribution in [3.63, 3.8) is 0 Å². The van der Waals surface area contributed by atoms with Gasteiger partial charge < -0.3 is 10.3 Å². The average molecular weight is 447 g/mol. The third-order valence-corrected chi connectivity index (χ3v) is 7.48. The fraction of sp³-hybridized carbons (Fsp3) is 0.500. The lowest BCUT2D eigenvalue weighted by atomic mass is 9.89. The van der Waals surface area contributed by atoms with E-state index in [4.69, 9.17) is 0 Å². The van der Waals surface area contributed by atoms with Crippen LogP contribution in [0.3, 0.4) is 0 Å². The minimum absolute atomic E-state index is 0.00314. The van der Waals surface area contributed by atoms with Crippen LogP contribution in [0, 0.1) is 13.8 Å². The fourth-order valence-electron chi connectivity index (χ4n) is 5.56. The van der Waals surface area contributed by atoms with Crippen LogP contribution in [0.4, 0.5) is 0 Å². The van der Waals surface area contributed by atoms with Gasteiger partial charge in [0.25, 0.3) is 0 Å². The van der Waals surface area contributed by atoms with Crippen molar-refractivity contribution in [3.8, 4) is 11.1 Å². The molecule has 1 aromatic carbocycles. The molecule has 0 radical (unpaired) electrons. The fourth-order valence-corrected chi connectivity index (χ4v) is 5.56. The summed E-state index contributed by atoms with van der Waals surface area (Å²) in [5, 5.41) is 7.95. The van der Waals surface area contributed by atoms with E-state index in [1.807, 2.05) is 9.08 Å². The summed E-state index contributed by atoms with van der Waals surface area (Å²) in [5.41, 5.74) is 8.68. The molecule has 0 aliphatic heterocycles. The molecule has 7 heteroatoms. The zero-order valence-electron chi connectivity index (χ0n) is 20.3. The van der Waals surface area contributed by atoms with E-state index in [-0.39, 0.29) is 11.7 Å². The van der Waals surface area contributed by atoms with Gasteiger partial charge in [-0.05, 0) is 86.4 Å². The highest BCUT2D eigenvalue weighted by Crippen LogP contribution is 2.37. The number of nitrogens with one attached hydrogen (secondary N) is 2. The van der Waals surface area contributed by atoms with Crippen molar-refractivity contribution >= 4 is 16.7 Å². The second-order valence-corrected chi connectivity index (χ2v) is 9.80. The molecule has 0 spiro atoms. The van der Waals surface area contributed by atoms with E-state index in [9.17, 15) is 4.79 Å². The minimum atomic E-state index is 0.00314. The van der Waals surface area contributed by atoms with Crippen LogP contribution in [-0.4, -0.2) is 36.7 Å². The number of hydrogen-bond donors (Lipinski definition) is 2. The first-order chi connectivity index (χ1) is 15.9. The van der Waals surface area contributed by atoms with Gasteiger partial charge in [-0.1, -0.05) is 20.8 Å². The summed E-state index contributed by atoms with van der Waals surface area (Å²) in [5.74, 6) is 0.318. The molecule has 174 valence electrons. The summed E-state index contributed by atoms with van der Waals surface area (Å²) in [7, 11) is 0. The number of pyridine rings is 1. The first-order valence-corrected chi connectivity index (χ1v) is 12.2. The van der Waals surface area contributed by atoms with Gasteiger partial charge in [-0.3, -0.25) is 4.57 Å². The Morgan fingerprint density at radius 2 is 1.88 bits per heavy atom. The van der Waals surface area contributed by atoms with E-state index in [0.717, 1.165) is 65.6 Å². The van der Waals surface area contributed by atoms with Gasteiger partial charge in [0, 0.05) is 23.8 Å². The monoisotopic (exact) mass is 446 g/mol. The van der Waals surface area contributed by atoms with E-state index in [1.54, 1.807) is 6.33 Å². The molecule has 0 unspecified atom stereocenters. The first kappa shape index (κ1) is 21.9. The predicted octanol–water partition coefficient (Wildman–Crippen LogP) is 4.87. The number of hydrogen-bond acceptors (Lipinski definition) is 4. The zero-order chi connectivity index (χ0) is 23.3. The van der Waals surface area contributed by atoms with E-state index in [1.165, 1.54) is 11.1 Å². The number of aromatic amines is 1. The summed E-state index contributed by atoms with van der Waals surface area (Å²) in [6, 6.07) is 5.23. The number of benzene rings is 1. The van der Waals surface area contributed by atoms with E-state index in [0.29, 0.717) is 12.0 Å². The molecule has 5 rings (SSSR count). The molecule has 0 atom stereocenters. The molecule has 0 saturated heterocycles. The van der Waals surface area contributed by atoms with Crippen LogP contribution in [0.25, 0.3) is 27.8 Å². The largest absolute Gasteiger partial charge is 0.326 e. The molecule has 3 heterocycles. The molecular formula is C26H34N6O. The van der Waals surface area contributed by atoms with Crippen LogP contribution in [0.5, 0.6) is 0 Å². The Balaban J connectivity index is 1.64. The Hall–Kier alpha value is -2.93. The second kappa shape index (κ2) is 8.45.